The highest BCUT2D eigenvalue weighted by Crippen LogP contribution is 2.36. The van der Waals surface area contributed by atoms with Crippen LogP contribution in [0.5, 0.6) is 23.0 Å². The second kappa shape index (κ2) is 14.3. The molecule has 42 heavy (non-hydrogen) atoms. The number of anilines is 1. The van der Waals surface area contributed by atoms with Crippen molar-refractivity contribution in [3.63, 3.8) is 0 Å². The Hall–Kier alpha value is -4.61. The van der Waals surface area contributed by atoms with Crippen LogP contribution < -0.4 is 30.2 Å². The third kappa shape index (κ3) is 7.77. The molecule has 2 aromatic carbocycles. The highest BCUT2D eigenvalue weighted by Gasteiger charge is 2.15. The molecule has 4 aromatic rings. The summed E-state index contributed by atoms with van der Waals surface area (Å²) < 4.78 is 19.1. The number of benzene rings is 2. The molecule has 0 bridgehead atoms. The molecule has 0 spiro atoms. The maximum Gasteiger partial charge on any atom is 0.325 e. The first-order chi connectivity index (χ1) is 20.3. The Morgan fingerprint density at radius 2 is 1.83 bits per heavy atom. The molecule has 0 fully saturated rings. The number of amides is 2. The Kier molecular flexibility index (Phi) is 10.4. The van der Waals surface area contributed by atoms with Crippen LogP contribution in [0.15, 0.2) is 67.0 Å². The van der Waals surface area contributed by atoms with Crippen molar-refractivity contribution >= 4 is 28.7 Å². The Bertz CT molecular complexity index is 1500. The first kappa shape index (κ1) is 30.4. The number of pyridine rings is 1. The Balaban J connectivity index is 1.39. The molecule has 2 amide bonds. The number of hydrogen-bond donors (Lipinski definition) is 4. The molecule has 2 heterocycles. The van der Waals surface area contributed by atoms with Gasteiger partial charge in [-0.05, 0) is 68.8 Å². The first-order valence-electron chi connectivity index (χ1n) is 13.8. The smallest absolute Gasteiger partial charge is 0.325 e. The van der Waals surface area contributed by atoms with E-state index in [0.29, 0.717) is 46.4 Å². The van der Waals surface area contributed by atoms with Gasteiger partial charge in [0.15, 0.2) is 11.5 Å². The molecule has 11 nitrogen and oxygen atoms in total. The maximum absolute atomic E-state index is 12.9. The van der Waals surface area contributed by atoms with Gasteiger partial charge in [0.2, 0.25) is 0 Å². The van der Waals surface area contributed by atoms with E-state index in [2.05, 4.69) is 27.9 Å². The highest BCUT2D eigenvalue weighted by atomic mass is 16.5. The van der Waals surface area contributed by atoms with Gasteiger partial charge in [-0.25, -0.2) is 9.78 Å². The summed E-state index contributed by atoms with van der Waals surface area (Å²) in [6.45, 7) is 5.09. The minimum Gasteiger partial charge on any atom is -0.493 e. The van der Waals surface area contributed by atoms with E-state index in [1.54, 1.807) is 68.7 Å². The zero-order valence-corrected chi connectivity index (χ0v) is 24.2. The van der Waals surface area contributed by atoms with Crippen LogP contribution in [-0.4, -0.2) is 66.1 Å². The van der Waals surface area contributed by atoms with Crippen LogP contribution in [0.3, 0.4) is 0 Å². The van der Waals surface area contributed by atoms with Gasteiger partial charge in [0.25, 0.3) is 5.91 Å². The molecular formula is C31H37N5O6. The summed E-state index contributed by atoms with van der Waals surface area (Å²) >= 11 is 0. The van der Waals surface area contributed by atoms with E-state index in [1.165, 1.54) is 17.9 Å². The van der Waals surface area contributed by atoms with Gasteiger partial charge < -0.3 is 35.3 Å². The van der Waals surface area contributed by atoms with Crippen LogP contribution in [0.1, 0.15) is 37.0 Å². The van der Waals surface area contributed by atoms with Crippen molar-refractivity contribution in [3.8, 4) is 23.0 Å². The molecule has 2 atom stereocenters. The average molecular weight is 576 g/mol. The molecule has 0 aliphatic rings. The Labute approximate surface area is 244 Å². The van der Waals surface area contributed by atoms with Crippen LogP contribution in [0.2, 0.25) is 0 Å². The van der Waals surface area contributed by atoms with Gasteiger partial charge in [0.1, 0.15) is 17.3 Å². The second-order valence-electron chi connectivity index (χ2n) is 9.75. The second-order valence-corrected chi connectivity index (χ2v) is 9.75. The molecule has 0 radical (unpaired) electrons. The molecule has 4 N–H and O–H groups in total. The highest BCUT2D eigenvalue weighted by molar-refractivity contribution is 6.03. The number of carbonyl (C=O) groups excluding carboxylic acids is 2. The third-order valence-corrected chi connectivity index (χ3v) is 6.57. The molecule has 11 heteroatoms. The van der Waals surface area contributed by atoms with Crippen molar-refractivity contribution in [2.24, 2.45) is 0 Å². The van der Waals surface area contributed by atoms with Crippen molar-refractivity contribution in [1.82, 2.24) is 20.2 Å². The van der Waals surface area contributed by atoms with Crippen molar-refractivity contribution in [2.45, 2.75) is 38.9 Å². The van der Waals surface area contributed by atoms with Gasteiger partial charge in [0.05, 0.1) is 24.8 Å². The number of nitrogens with zero attached hydrogens (tertiary/aromatic N) is 2. The molecule has 222 valence electrons. The van der Waals surface area contributed by atoms with Gasteiger partial charge in [-0.1, -0.05) is 6.92 Å². The van der Waals surface area contributed by atoms with E-state index in [9.17, 15) is 14.7 Å². The van der Waals surface area contributed by atoms with Crippen LogP contribution in [0.25, 0.3) is 10.9 Å². The average Bonchev–Trinajstić information content (AvgIpc) is 3.40. The topological polar surface area (TPSA) is 136 Å². The lowest BCUT2D eigenvalue weighted by atomic mass is 10.1. The van der Waals surface area contributed by atoms with E-state index >= 15 is 0 Å². The van der Waals surface area contributed by atoms with Crippen molar-refractivity contribution in [2.75, 3.05) is 32.6 Å². The fraction of sp³-hybridized carbons (Fsp3) is 0.323. The van der Waals surface area contributed by atoms with Gasteiger partial charge in [-0.3, -0.25) is 9.36 Å². The van der Waals surface area contributed by atoms with Crippen LogP contribution >= 0.6 is 0 Å². The summed E-state index contributed by atoms with van der Waals surface area (Å²) in [5.41, 5.74) is 1.13. The quantitative estimate of drug-likeness (QED) is 0.167. The molecule has 0 saturated carbocycles. The zero-order valence-electron chi connectivity index (χ0n) is 24.2. The monoisotopic (exact) mass is 575 g/mol. The molecule has 0 aliphatic carbocycles. The number of hydrogen-bond acceptors (Lipinski definition) is 8. The van der Waals surface area contributed by atoms with E-state index in [-0.39, 0.29) is 24.1 Å². The number of aromatic nitrogens is 2. The molecule has 1 unspecified atom stereocenters. The number of aliphatic hydroxyl groups is 1. The molecular weight excluding hydrogens is 538 g/mol. The maximum atomic E-state index is 12.9. The van der Waals surface area contributed by atoms with E-state index in [0.717, 1.165) is 24.8 Å². The fourth-order valence-electron chi connectivity index (χ4n) is 4.34. The lowest BCUT2D eigenvalue weighted by molar-refractivity contribution is 0.102. The number of methoxy groups -OCH3 is 1. The third-order valence-electron chi connectivity index (χ3n) is 6.57. The SMILES string of the molecule is CCC(CCNC[C@H](C)O)Oc1ccc(C(=O)Nc2cc(Oc3cc4ccn(C(=O)NC)c4cc3OC)ccn2)cc1. The van der Waals surface area contributed by atoms with E-state index in [1.807, 2.05) is 6.07 Å². The standard InChI is InChI=1S/C31H37N5O6/c1-5-23(10-13-33-19-20(2)37)41-24-8-6-21(7-9-24)30(38)35-29-17-25(11-14-34-29)42-28-16-22-12-15-36(31(39)32-3)26(22)18-27(28)40-4/h6-9,11-12,14-18,20,23,33,37H,5,10,13,19H2,1-4H3,(H,32,39)(H,34,35,38)/t20-,23?/m0/s1. The Morgan fingerprint density at radius 1 is 1.05 bits per heavy atom. The van der Waals surface area contributed by atoms with Crippen LogP contribution in [0, 0.1) is 0 Å². The van der Waals surface area contributed by atoms with Crippen molar-refractivity contribution in [3.05, 3.63) is 72.6 Å². The van der Waals surface area contributed by atoms with E-state index < -0.39 is 0 Å². The lowest BCUT2D eigenvalue weighted by Gasteiger charge is -2.18. The zero-order chi connectivity index (χ0) is 30.1. The normalized spacial score (nSPS) is 12.4. The fourth-order valence-corrected chi connectivity index (χ4v) is 4.34. The number of aliphatic hydroxyl groups excluding tert-OH is 1. The summed E-state index contributed by atoms with van der Waals surface area (Å²) in [5.74, 6) is 2.01. The lowest BCUT2D eigenvalue weighted by Crippen LogP contribution is -2.29. The van der Waals surface area contributed by atoms with Gasteiger partial charge >= 0.3 is 6.03 Å². The summed E-state index contributed by atoms with van der Waals surface area (Å²) in [5, 5.41) is 18.8. The summed E-state index contributed by atoms with van der Waals surface area (Å²) in [4.78, 5) is 29.3. The predicted octanol–water partition coefficient (Wildman–Crippen LogP) is 4.79. The molecule has 0 aliphatic heterocycles. The number of carbonyl (C=O) groups is 2. The first-order valence-corrected chi connectivity index (χ1v) is 13.8. The number of rotatable bonds is 13. The largest absolute Gasteiger partial charge is 0.493 e. The van der Waals surface area contributed by atoms with Gasteiger partial charge in [-0.2, -0.15) is 0 Å². The van der Waals surface area contributed by atoms with E-state index in [4.69, 9.17) is 14.2 Å². The molecule has 2 aromatic heterocycles. The van der Waals surface area contributed by atoms with Crippen molar-refractivity contribution < 1.29 is 28.9 Å². The minimum atomic E-state index is -0.385. The molecule has 4 rings (SSSR count). The van der Waals surface area contributed by atoms with Crippen LogP contribution in [0.4, 0.5) is 10.6 Å². The predicted molar refractivity (Wildman–Crippen MR) is 161 cm³/mol. The summed E-state index contributed by atoms with van der Waals surface area (Å²) in [7, 11) is 3.09. The molecule has 0 saturated heterocycles. The minimum absolute atomic E-state index is 0.0215. The van der Waals surface area contributed by atoms with Crippen molar-refractivity contribution in [1.29, 1.82) is 0 Å². The number of fused-ring (bicyclic) bond motifs is 1. The summed E-state index contributed by atoms with van der Waals surface area (Å²) in [6.07, 6.45) is 4.49. The number of ether oxygens (including phenoxy) is 3. The van der Waals surface area contributed by atoms with Gasteiger partial charge in [-0.15, -0.1) is 0 Å². The van der Waals surface area contributed by atoms with Gasteiger partial charge in [0, 0.05) is 49.1 Å². The summed E-state index contributed by atoms with van der Waals surface area (Å²) in [6, 6.07) is 15.3. The Morgan fingerprint density at radius 3 is 2.52 bits per heavy atom. The van der Waals surface area contributed by atoms with Crippen LogP contribution in [-0.2, 0) is 0 Å². The number of nitrogens with one attached hydrogen (secondary N) is 3.